The average molecular weight is 253 g/mol. The molecule has 1 aromatic rings. The molecule has 1 heterocycles. The Morgan fingerprint density at radius 1 is 1.33 bits per heavy atom. The standard InChI is InChI=1S/C13H23N3O2/c1-4-6-7-8-9-14-12-11(10(3)15-16-12)13(17)18-5-2/h4-9H2,1-3H3,(H2,14,15,16). The van der Waals surface area contributed by atoms with Crippen LogP contribution in [0.3, 0.4) is 0 Å². The molecule has 0 aliphatic rings. The van der Waals surface area contributed by atoms with Gasteiger partial charge in [0.25, 0.3) is 0 Å². The van der Waals surface area contributed by atoms with E-state index in [0.29, 0.717) is 18.0 Å². The maximum absolute atomic E-state index is 11.8. The van der Waals surface area contributed by atoms with Gasteiger partial charge in [0, 0.05) is 12.2 Å². The van der Waals surface area contributed by atoms with Gasteiger partial charge in [0.1, 0.15) is 5.56 Å². The number of aromatic nitrogens is 2. The molecule has 5 heteroatoms. The topological polar surface area (TPSA) is 67.0 Å². The van der Waals surface area contributed by atoms with Crippen LogP contribution >= 0.6 is 0 Å². The Labute approximate surface area is 108 Å². The first kappa shape index (κ1) is 14.5. The van der Waals surface area contributed by atoms with Gasteiger partial charge in [-0.2, -0.15) is 5.10 Å². The van der Waals surface area contributed by atoms with Gasteiger partial charge in [-0.3, -0.25) is 5.10 Å². The van der Waals surface area contributed by atoms with E-state index in [0.717, 1.165) is 18.7 Å². The van der Waals surface area contributed by atoms with Crippen molar-refractivity contribution in [2.45, 2.75) is 46.5 Å². The van der Waals surface area contributed by atoms with Gasteiger partial charge in [-0.25, -0.2) is 4.79 Å². The summed E-state index contributed by atoms with van der Waals surface area (Å²) >= 11 is 0. The molecule has 0 aliphatic heterocycles. The number of ether oxygens (including phenoxy) is 1. The number of H-pyrrole nitrogens is 1. The zero-order chi connectivity index (χ0) is 13.4. The average Bonchev–Trinajstić information content (AvgIpc) is 2.71. The second kappa shape index (κ2) is 7.74. The summed E-state index contributed by atoms with van der Waals surface area (Å²) in [4.78, 5) is 11.8. The first-order valence-corrected chi connectivity index (χ1v) is 6.66. The van der Waals surface area contributed by atoms with Gasteiger partial charge in [-0.1, -0.05) is 26.2 Å². The molecule has 0 aromatic carbocycles. The highest BCUT2D eigenvalue weighted by molar-refractivity contribution is 5.95. The fourth-order valence-electron chi connectivity index (χ4n) is 1.77. The Bertz CT molecular complexity index is 374. The van der Waals surface area contributed by atoms with Crippen molar-refractivity contribution in [3.8, 4) is 0 Å². The van der Waals surface area contributed by atoms with Crippen molar-refractivity contribution in [3.05, 3.63) is 11.3 Å². The van der Waals surface area contributed by atoms with E-state index in [1.807, 2.05) is 6.92 Å². The number of unbranched alkanes of at least 4 members (excludes halogenated alkanes) is 3. The first-order chi connectivity index (χ1) is 8.70. The summed E-state index contributed by atoms with van der Waals surface area (Å²) < 4.78 is 5.01. The van der Waals surface area contributed by atoms with E-state index in [1.54, 1.807) is 6.92 Å². The molecule has 0 radical (unpaired) electrons. The lowest BCUT2D eigenvalue weighted by atomic mass is 10.2. The molecular weight excluding hydrogens is 230 g/mol. The predicted octanol–water partition coefficient (Wildman–Crippen LogP) is 2.89. The van der Waals surface area contributed by atoms with Crippen LogP contribution in [0.4, 0.5) is 5.82 Å². The first-order valence-electron chi connectivity index (χ1n) is 6.66. The van der Waals surface area contributed by atoms with Crippen molar-refractivity contribution in [3.63, 3.8) is 0 Å². The minimum atomic E-state index is -0.320. The third-order valence-corrected chi connectivity index (χ3v) is 2.75. The number of esters is 1. The van der Waals surface area contributed by atoms with E-state index >= 15 is 0 Å². The molecule has 2 N–H and O–H groups in total. The van der Waals surface area contributed by atoms with Crippen LogP contribution in [0.5, 0.6) is 0 Å². The van der Waals surface area contributed by atoms with Gasteiger partial charge in [-0.05, 0) is 20.3 Å². The third kappa shape index (κ3) is 4.05. The monoisotopic (exact) mass is 253 g/mol. The largest absolute Gasteiger partial charge is 0.462 e. The number of hydrogen-bond acceptors (Lipinski definition) is 4. The van der Waals surface area contributed by atoms with Crippen molar-refractivity contribution in [1.29, 1.82) is 0 Å². The van der Waals surface area contributed by atoms with Crippen LogP contribution in [-0.2, 0) is 4.74 Å². The van der Waals surface area contributed by atoms with E-state index in [9.17, 15) is 4.79 Å². The maximum atomic E-state index is 11.8. The number of nitrogens with zero attached hydrogens (tertiary/aromatic N) is 1. The molecule has 0 saturated carbocycles. The quantitative estimate of drug-likeness (QED) is 0.552. The second-order valence-corrected chi connectivity index (χ2v) is 4.28. The number of nitrogens with one attached hydrogen (secondary N) is 2. The SMILES string of the molecule is CCCCCCNc1n[nH]c(C)c1C(=O)OCC. The third-order valence-electron chi connectivity index (χ3n) is 2.75. The lowest BCUT2D eigenvalue weighted by Gasteiger charge is -2.06. The van der Waals surface area contributed by atoms with Crippen molar-refractivity contribution in [1.82, 2.24) is 10.2 Å². The molecule has 0 bridgehead atoms. The van der Waals surface area contributed by atoms with Gasteiger partial charge < -0.3 is 10.1 Å². The Hall–Kier alpha value is -1.52. The summed E-state index contributed by atoms with van der Waals surface area (Å²) in [6, 6.07) is 0. The number of rotatable bonds is 8. The highest BCUT2D eigenvalue weighted by atomic mass is 16.5. The van der Waals surface area contributed by atoms with Crippen molar-refractivity contribution < 1.29 is 9.53 Å². The van der Waals surface area contributed by atoms with Gasteiger partial charge in [0.05, 0.1) is 6.61 Å². The molecule has 0 amide bonds. The van der Waals surface area contributed by atoms with Crippen molar-refractivity contribution in [2.24, 2.45) is 0 Å². The van der Waals surface area contributed by atoms with Gasteiger partial charge >= 0.3 is 5.97 Å². The Kier molecular flexibility index (Phi) is 6.25. The number of carbonyl (C=O) groups excluding carboxylic acids is 1. The molecule has 0 aliphatic carbocycles. The molecule has 5 nitrogen and oxygen atoms in total. The number of hydrogen-bond donors (Lipinski definition) is 2. The van der Waals surface area contributed by atoms with E-state index in [2.05, 4.69) is 22.4 Å². The minimum Gasteiger partial charge on any atom is -0.462 e. The molecule has 0 spiro atoms. The van der Waals surface area contributed by atoms with Crippen LogP contribution in [0.1, 0.15) is 55.6 Å². The molecular formula is C13H23N3O2. The van der Waals surface area contributed by atoms with Crippen LogP contribution in [-0.4, -0.2) is 29.3 Å². The summed E-state index contributed by atoms with van der Waals surface area (Å²) in [7, 11) is 0. The Balaban J connectivity index is 2.52. The summed E-state index contributed by atoms with van der Waals surface area (Å²) in [5.74, 6) is 0.280. The van der Waals surface area contributed by atoms with Crippen LogP contribution in [0.15, 0.2) is 0 Å². The second-order valence-electron chi connectivity index (χ2n) is 4.28. The van der Waals surface area contributed by atoms with Gasteiger partial charge in [0.2, 0.25) is 0 Å². The molecule has 0 unspecified atom stereocenters. The Morgan fingerprint density at radius 3 is 2.78 bits per heavy atom. The molecule has 102 valence electrons. The minimum absolute atomic E-state index is 0.320. The maximum Gasteiger partial charge on any atom is 0.343 e. The van der Waals surface area contributed by atoms with E-state index in [4.69, 9.17) is 4.74 Å². The molecule has 0 atom stereocenters. The summed E-state index contributed by atoms with van der Waals surface area (Å²) in [5, 5.41) is 10.1. The molecule has 0 saturated heterocycles. The van der Waals surface area contributed by atoms with Gasteiger partial charge in [0.15, 0.2) is 5.82 Å². The van der Waals surface area contributed by atoms with Crippen LogP contribution in [0.2, 0.25) is 0 Å². The van der Waals surface area contributed by atoms with Crippen LogP contribution in [0.25, 0.3) is 0 Å². The van der Waals surface area contributed by atoms with E-state index in [-0.39, 0.29) is 5.97 Å². The number of aromatic amines is 1. The highest BCUT2D eigenvalue weighted by Gasteiger charge is 2.18. The highest BCUT2D eigenvalue weighted by Crippen LogP contribution is 2.17. The fraction of sp³-hybridized carbons (Fsp3) is 0.692. The molecule has 18 heavy (non-hydrogen) atoms. The predicted molar refractivity (Wildman–Crippen MR) is 71.9 cm³/mol. The lowest BCUT2D eigenvalue weighted by molar-refractivity contribution is 0.0526. The molecule has 1 aromatic heterocycles. The molecule has 0 fully saturated rings. The summed E-state index contributed by atoms with van der Waals surface area (Å²) in [6.45, 7) is 7.01. The van der Waals surface area contributed by atoms with E-state index < -0.39 is 0 Å². The number of anilines is 1. The van der Waals surface area contributed by atoms with Crippen molar-refractivity contribution in [2.75, 3.05) is 18.5 Å². The normalized spacial score (nSPS) is 10.4. The van der Waals surface area contributed by atoms with Crippen LogP contribution < -0.4 is 5.32 Å². The van der Waals surface area contributed by atoms with Crippen LogP contribution in [0, 0.1) is 6.92 Å². The summed E-state index contributed by atoms with van der Waals surface area (Å²) in [6.07, 6.45) is 4.74. The van der Waals surface area contributed by atoms with Gasteiger partial charge in [-0.15, -0.1) is 0 Å². The smallest absolute Gasteiger partial charge is 0.343 e. The number of carbonyl (C=O) groups is 1. The lowest BCUT2D eigenvalue weighted by Crippen LogP contribution is -2.10. The van der Waals surface area contributed by atoms with E-state index in [1.165, 1.54) is 19.3 Å². The zero-order valence-electron chi connectivity index (χ0n) is 11.5. The molecule has 1 rings (SSSR count). The fourth-order valence-corrected chi connectivity index (χ4v) is 1.77. The Morgan fingerprint density at radius 2 is 2.11 bits per heavy atom. The summed E-state index contributed by atoms with van der Waals surface area (Å²) in [5.41, 5.74) is 1.26. The van der Waals surface area contributed by atoms with Crippen molar-refractivity contribution >= 4 is 11.8 Å². The number of aryl methyl sites for hydroxylation is 1. The zero-order valence-corrected chi connectivity index (χ0v) is 11.5.